The maximum atomic E-state index is 16.7. The Morgan fingerprint density at radius 2 is 1.44 bits per heavy atom. The van der Waals surface area contributed by atoms with Gasteiger partial charge in [0.25, 0.3) is 0 Å². The van der Waals surface area contributed by atoms with Crippen molar-refractivity contribution in [2.75, 3.05) is 44.5 Å². The van der Waals surface area contributed by atoms with E-state index in [-0.39, 0.29) is 44.3 Å². The predicted molar refractivity (Wildman–Crippen MR) is 266 cm³/mol. The quantitative estimate of drug-likeness (QED) is 0.0983. The Labute approximate surface area is 417 Å². The molecule has 14 nitrogen and oxygen atoms in total. The summed E-state index contributed by atoms with van der Waals surface area (Å²) in [5.74, 6) is 4.22. The van der Waals surface area contributed by atoms with Gasteiger partial charge in [0, 0.05) is 44.7 Å². The first-order valence-electron chi connectivity index (χ1n) is 24.4. The van der Waals surface area contributed by atoms with E-state index in [1.165, 1.54) is 12.1 Å². The summed E-state index contributed by atoms with van der Waals surface area (Å²) in [6.45, 7) is 3.97. The molecule has 1 spiro atoms. The number of ether oxygens (including phenoxy) is 3. The number of amides is 4. The predicted octanol–water partition coefficient (Wildman–Crippen LogP) is 7.34. The average molecular weight is 964 g/mol. The monoisotopic (exact) mass is 963 g/mol. The number of urea groups is 1. The van der Waals surface area contributed by atoms with Gasteiger partial charge in [-0.1, -0.05) is 121 Å². The number of fused-ring (bicyclic) bond motifs is 4. The van der Waals surface area contributed by atoms with Crippen molar-refractivity contribution in [3.63, 3.8) is 0 Å². The molecule has 7 atom stereocenters. The second-order valence-corrected chi connectivity index (χ2v) is 18.9. The SMILES string of the molecule is CC(NC(=O)N1C(=O)C2(c3cc(C#CCCO)ccc31)C(C(=O)N1CCN(Cc3ccc4c(c3)OCO4)CC1)C1C(=O)OC(c3ccccc3)C(c3ccccc3)N1C2c1ccc(O)cc1)c1ccccc1. The van der Waals surface area contributed by atoms with Crippen molar-refractivity contribution < 1.29 is 43.6 Å². The molecular formula is C58H53N5O9. The van der Waals surface area contributed by atoms with Gasteiger partial charge in [-0.15, -0.1) is 0 Å². The minimum absolute atomic E-state index is 0.0242. The van der Waals surface area contributed by atoms with Crippen molar-refractivity contribution in [1.82, 2.24) is 20.0 Å². The molecule has 7 unspecified atom stereocenters. The molecule has 6 aromatic rings. The van der Waals surface area contributed by atoms with Crippen LogP contribution in [0.2, 0.25) is 0 Å². The van der Waals surface area contributed by atoms with E-state index in [1.807, 2.05) is 121 Å². The summed E-state index contributed by atoms with van der Waals surface area (Å²) < 4.78 is 17.9. The molecular weight excluding hydrogens is 911 g/mol. The molecule has 0 saturated carbocycles. The number of rotatable bonds is 9. The molecule has 3 N–H and O–H groups in total. The Kier molecular flexibility index (Phi) is 12.5. The van der Waals surface area contributed by atoms with Gasteiger partial charge in [0.1, 0.15) is 23.3 Å². The molecule has 0 radical (unpaired) electrons. The van der Waals surface area contributed by atoms with Crippen molar-refractivity contribution in [2.45, 2.75) is 55.6 Å². The van der Waals surface area contributed by atoms with Crippen LogP contribution < -0.4 is 19.7 Å². The van der Waals surface area contributed by atoms with E-state index in [2.05, 4.69) is 22.1 Å². The number of morpholine rings is 1. The number of aliphatic hydroxyl groups is 1. The largest absolute Gasteiger partial charge is 0.508 e. The third kappa shape index (κ3) is 8.09. The number of phenolic OH excluding ortho intramolecular Hbond substituents is 1. The molecule has 4 amide bonds. The molecule has 5 heterocycles. The van der Waals surface area contributed by atoms with Gasteiger partial charge < -0.3 is 34.6 Å². The van der Waals surface area contributed by atoms with E-state index in [9.17, 15) is 10.2 Å². The van der Waals surface area contributed by atoms with E-state index in [0.717, 1.165) is 21.6 Å². The lowest BCUT2D eigenvalue weighted by Gasteiger charge is -2.46. The molecule has 0 bridgehead atoms. The summed E-state index contributed by atoms with van der Waals surface area (Å²) in [6.07, 6.45) is -0.716. The van der Waals surface area contributed by atoms with E-state index in [0.29, 0.717) is 53.4 Å². The Morgan fingerprint density at radius 3 is 2.15 bits per heavy atom. The van der Waals surface area contributed by atoms with Crippen LogP contribution in [0.3, 0.4) is 0 Å². The molecule has 0 aliphatic carbocycles. The van der Waals surface area contributed by atoms with Gasteiger partial charge in [-0.05, 0) is 82.8 Å². The summed E-state index contributed by atoms with van der Waals surface area (Å²) in [7, 11) is 0. The minimum Gasteiger partial charge on any atom is -0.508 e. The highest BCUT2D eigenvalue weighted by Gasteiger charge is 2.76. The van der Waals surface area contributed by atoms with Gasteiger partial charge in [-0.25, -0.2) is 9.69 Å². The van der Waals surface area contributed by atoms with Crippen LogP contribution in [-0.4, -0.2) is 94.3 Å². The van der Waals surface area contributed by atoms with Crippen LogP contribution in [0.1, 0.15) is 76.5 Å². The van der Waals surface area contributed by atoms with Crippen LogP contribution >= 0.6 is 0 Å². The van der Waals surface area contributed by atoms with Crippen molar-refractivity contribution >= 4 is 29.5 Å². The topological polar surface area (TPSA) is 161 Å². The molecule has 72 heavy (non-hydrogen) atoms. The number of aliphatic hydroxyl groups excluding tert-OH is 1. The first-order chi connectivity index (χ1) is 35.1. The number of nitrogens with zero attached hydrogens (tertiary/aromatic N) is 4. The van der Waals surface area contributed by atoms with Crippen LogP contribution in [-0.2, 0) is 31.1 Å². The third-order valence-electron chi connectivity index (χ3n) is 14.8. The zero-order valence-electron chi connectivity index (χ0n) is 39.6. The molecule has 364 valence electrons. The smallest absolute Gasteiger partial charge is 0.329 e. The molecule has 14 heteroatoms. The number of piperazine rings is 1. The van der Waals surface area contributed by atoms with Gasteiger partial charge in [-0.2, -0.15) is 0 Å². The van der Waals surface area contributed by atoms with Crippen LogP contribution in [0.4, 0.5) is 10.5 Å². The number of aromatic hydroxyl groups is 1. The molecule has 3 saturated heterocycles. The minimum atomic E-state index is -1.99. The zero-order chi connectivity index (χ0) is 49.5. The first-order valence-corrected chi connectivity index (χ1v) is 24.4. The number of imide groups is 1. The lowest BCUT2D eigenvalue weighted by atomic mass is 9.64. The second-order valence-electron chi connectivity index (χ2n) is 18.9. The Hall–Kier alpha value is -7.96. The van der Waals surface area contributed by atoms with Crippen molar-refractivity contribution in [1.29, 1.82) is 0 Å². The van der Waals surface area contributed by atoms with Gasteiger partial charge in [0.15, 0.2) is 11.5 Å². The van der Waals surface area contributed by atoms with Crippen molar-refractivity contribution in [2.24, 2.45) is 5.92 Å². The number of cyclic esters (lactones) is 1. The molecule has 6 aromatic carbocycles. The highest BCUT2D eigenvalue weighted by Crippen LogP contribution is 2.66. The van der Waals surface area contributed by atoms with Crippen LogP contribution in [0.5, 0.6) is 17.2 Å². The summed E-state index contributed by atoms with van der Waals surface area (Å²) in [5.41, 5.74) is 2.92. The average Bonchev–Trinajstić information content (AvgIpc) is 4.08. The molecule has 5 aliphatic heterocycles. The number of hydrogen-bond donors (Lipinski definition) is 3. The van der Waals surface area contributed by atoms with Crippen molar-refractivity contribution in [3.05, 3.63) is 191 Å². The third-order valence-corrected chi connectivity index (χ3v) is 14.8. The number of anilines is 1. The van der Waals surface area contributed by atoms with E-state index in [4.69, 9.17) is 14.2 Å². The van der Waals surface area contributed by atoms with Crippen molar-refractivity contribution in [3.8, 4) is 29.1 Å². The van der Waals surface area contributed by atoms with Gasteiger partial charge in [0.05, 0.1) is 36.3 Å². The molecule has 3 fully saturated rings. The number of nitrogens with one attached hydrogen (secondary N) is 1. The summed E-state index contributed by atoms with van der Waals surface area (Å²) in [6, 6.07) is 41.5. The normalized spacial score (nSPS) is 23.7. The first kappa shape index (κ1) is 46.4. The Bertz CT molecular complexity index is 3080. The summed E-state index contributed by atoms with van der Waals surface area (Å²) in [4.78, 5) is 70.9. The summed E-state index contributed by atoms with van der Waals surface area (Å²) >= 11 is 0. The Morgan fingerprint density at radius 1 is 0.764 bits per heavy atom. The standard InChI is InChI=1S/C58H53N5O9/c1-37(40-14-5-2-6-15-40)59-57(69)62-46-26-20-38(13-11-12-32-64)33-45(46)58(56(62)68)49(54(66)61-30-28-60(29-31-61)35-39-21-27-47-48(34-39)71-36-70-47)51-55(67)72-52(42-18-9-4-10-19-42)50(41-16-7-3-8-17-41)63(51)53(58)43-22-24-44(65)25-23-43/h2-10,14-27,33-34,37,49-53,64-65H,12,28-32,35-36H2,1H3,(H,59,69). The number of esters is 1. The highest BCUT2D eigenvalue weighted by molar-refractivity contribution is 6.24. The number of hydrogen-bond acceptors (Lipinski definition) is 11. The lowest BCUT2D eigenvalue weighted by Crippen LogP contribution is -2.59. The number of carbonyl (C=O) groups excluding carboxylic acids is 4. The zero-order valence-corrected chi connectivity index (χ0v) is 39.6. The van der Waals surface area contributed by atoms with E-state index in [1.54, 1.807) is 35.2 Å². The van der Waals surface area contributed by atoms with Crippen LogP contribution in [0.15, 0.2) is 152 Å². The van der Waals surface area contributed by atoms with Crippen LogP contribution in [0.25, 0.3) is 0 Å². The molecule has 11 rings (SSSR count). The number of benzene rings is 6. The number of carbonyl (C=O) groups is 4. The fraction of sp³-hybridized carbons (Fsp3) is 0.276. The second kappa shape index (κ2) is 19.3. The molecule has 5 aliphatic rings. The fourth-order valence-electron chi connectivity index (χ4n) is 11.5. The van der Waals surface area contributed by atoms with Gasteiger partial charge >= 0.3 is 12.0 Å². The fourth-order valence-corrected chi connectivity index (χ4v) is 11.5. The van der Waals surface area contributed by atoms with Gasteiger partial charge in [0.2, 0.25) is 18.6 Å². The number of phenols is 1. The van der Waals surface area contributed by atoms with E-state index < -0.39 is 65.4 Å². The van der Waals surface area contributed by atoms with Gasteiger partial charge in [-0.3, -0.25) is 24.2 Å². The summed E-state index contributed by atoms with van der Waals surface area (Å²) in [5, 5.41) is 23.6. The highest BCUT2D eigenvalue weighted by atomic mass is 16.7. The lowest BCUT2D eigenvalue weighted by molar-refractivity contribution is -0.179. The van der Waals surface area contributed by atoms with E-state index >= 15 is 19.2 Å². The Balaban J connectivity index is 1.10. The molecule has 0 aromatic heterocycles. The maximum absolute atomic E-state index is 16.7. The van der Waals surface area contributed by atoms with Crippen LogP contribution in [0, 0.1) is 17.8 Å². The maximum Gasteiger partial charge on any atom is 0.329 e.